The molecule has 17 heteroatoms. The van der Waals surface area contributed by atoms with Crippen LogP contribution in [0, 0.1) is 18.8 Å². The summed E-state index contributed by atoms with van der Waals surface area (Å²) in [5.74, 6) is -1.49. The molecule has 370 valence electrons. The van der Waals surface area contributed by atoms with Gasteiger partial charge in [0, 0.05) is 53.4 Å². The van der Waals surface area contributed by atoms with Crippen molar-refractivity contribution in [3.63, 3.8) is 0 Å². The number of benzene rings is 2. The highest BCUT2D eigenvalue weighted by Crippen LogP contribution is 2.42. The van der Waals surface area contributed by atoms with Crippen molar-refractivity contribution in [3.05, 3.63) is 59.7 Å². The molecule has 1 saturated carbocycles. The Balaban J connectivity index is 1.04. The number of ether oxygens (including phenoxy) is 7. The molecule has 2 aromatic rings. The van der Waals surface area contributed by atoms with Crippen molar-refractivity contribution in [2.24, 2.45) is 11.8 Å². The van der Waals surface area contributed by atoms with Gasteiger partial charge in [0.1, 0.15) is 24.1 Å². The molecule has 4 heterocycles. The Hall–Kier alpha value is -3.97. The van der Waals surface area contributed by atoms with Crippen LogP contribution >= 0.6 is 11.8 Å². The Labute approximate surface area is 399 Å². The number of hydrogen-bond donors (Lipinski definition) is 4. The Morgan fingerprint density at radius 3 is 2.39 bits per heavy atom. The lowest BCUT2D eigenvalue weighted by molar-refractivity contribution is -0.232. The molecule has 5 fully saturated rings. The summed E-state index contributed by atoms with van der Waals surface area (Å²) < 4.78 is 42.4. The number of nitrogens with one attached hydrogen (secondary N) is 3. The molecular formula is C50H72N4O12S. The molecule has 16 nitrogen and oxygen atoms in total. The second kappa shape index (κ2) is 21.8. The van der Waals surface area contributed by atoms with Crippen LogP contribution in [0.25, 0.3) is 0 Å². The summed E-state index contributed by atoms with van der Waals surface area (Å²) in [6.07, 6.45) is 1.08. The number of fused-ring (bicyclic) bond motifs is 2. The third-order valence-electron chi connectivity index (χ3n) is 13.2. The van der Waals surface area contributed by atoms with Crippen molar-refractivity contribution in [2.45, 2.75) is 178 Å². The fourth-order valence-electron chi connectivity index (χ4n) is 9.96. The van der Waals surface area contributed by atoms with E-state index < -0.39 is 84.0 Å². The summed E-state index contributed by atoms with van der Waals surface area (Å²) in [4.78, 5) is 58.6. The first-order valence-electron chi connectivity index (χ1n) is 24.0. The summed E-state index contributed by atoms with van der Waals surface area (Å²) in [6, 6.07) is 13.5. The smallest absolute Gasteiger partial charge is 0.407 e. The fraction of sp³-hybridized carbons (Fsp3) is 0.680. The van der Waals surface area contributed by atoms with E-state index in [0.717, 1.165) is 30.6 Å². The lowest BCUT2D eigenvalue weighted by Gasteiger charge is -2.47. The van der Waals surface area contributed by atoms with E-state index in [-0.39, 0.29) is 37.8 Å². The molecular weight excluding hydrogens is 881 g/mol. The number of esters is 1. The average Bonchev–Trinajstić information content (AvgIpc) is 3.89. The van der Waals surface area contributed by atoms with Gasteiger partial charge in [-0.05, 0) is 117 Å². The van der Waals surface area contributed by atoms with Crippen LogP contribution in [0.15, 0.2) is 53.4 Å². The van der Waals surface area contributed by atoms with Gasteiger partial charge in [-0.3, -0.25) is 19.3 Å². The molecule has 2 aromatic carbocycles. The maximum Gasteiger partial charge on any atom is 0.407 e. The van der Waals surface area contributed by atoms with Crippen LogP contribution in [-0.4, -0.2) is 132 Å². The number of nitrogens with zero attached hydrogens (tertiary/aromatic N) is 1. The van der Waals surface area contributed by atoms with Gasteiger partial charge >= 0.3 is 12.1 Å². The number of likely N-dealkylation sites (tertiary alicyclic amines) is 1. The van der Waals surface area contributed by atoms with Crippen molar-refractivity contribution in [2.75, 3.05) is 32.0 Å². The van der Waals surface area contributed by atoms with E-state index in [1.165, 1.54) is 17.8 Å². The summed E-state index contributed by atoms with van der Waals surface area (Å²) in [5, 5.41) is 19.7. The molecule has 4 saturated heterocycles. The molecule has 2 unspecified atom stereocenters. The van der Waals surface area contributed by atoms with Gasteiger partial charge in [0.05, 0.1) is 18.7 Å². The molecule has 3 amide bonds. The Kier molecular flexibility index (Phi) is 16.5. The zero-order chi connectivity index (χ0) is 48.1. The molecule has 4 aliphatic heterocycles. The highest BCUT2D eigenvalue weighted by molar-refractivity contribution is 7.99. The highest BCUT2D eigenvalue weighted by atomic mass is 32.2. The molecule has 5 aliphatic rings. The van der Waals surface area contributed by atoms with Crippen molar-refractivity contribution < 1.29 is 57.4 Å². The average molecular weight is 953 g/mol. The van der Waals surface area contributed by atoms with Crippen molar-refractivity contribution in [1.82, 2.24) is 20.9 Å². The number of unbranched alkanes of at least 4 members (excludes halogenated alkanes) is 1. The van der Waals surface area contributed by atoms with Gasteiger partial charge in [-0.25, -0.2) is 4.79 Å². The van der Waals surface area contributed by atoms with Gasteiger partial charge in [0.15, 0.2) is 30.1 Å². The van der Waals surface area contributed by atoms with Gasteiger partial charge in [0.2, 0.25) is 5.91 Å². The summed E-state index contributed by atoms with van der Waals surface area (Å²) >= 11 is 1.53. The van der Waals surface area contributed by atoms with E-state index in [1.807, 2.05) is 65.0 Å². The molecule has 0 spiro atoms. The first-order chi connectivity index (χ1) is 31.7. The van der Waals surface area contributed by atoms with E-state index in [4.69, 9.17) is 33.2 Å². The van der Waals surface area contributed by atoms with Gasteiger partial charge in [-0.2, -0.15) is 0 Å². The van der Waals surface area contributed by atoms with Crippen LogP contribution in [0.4, 0.5) is 4.79 Å². The van der Waals surface area contributed by atoms with E-state index in [2.05, 4.69) is 20.9 Å². The third kappa shape index (κ3) is 13.6. The number of alkyl carbamates (subject to hydrolysis) is 1. The molecule has 0 aromatic heterocycles. The number of amides is 3. The lowest BCUT2D eigenvalue weighted by Crippen LogP contribution is -2.61. The normalized spacial score (nSPS) is 28.7. The zero-order valence-electron chi connectivity index (χ0n) is 40.4. The van der Waals surface area contributed by atoms with E-state index >= 15 is 0 Å². The van der Waals surface area contributed by atoms with Crippen LogP contribution in [0.3, 0.4) is 0 Å². The Bertz CT molecular complexity index is 2030. The van der Waals surface area contributed by atoms with Gasteiger partial charge < -0.3 is 54.2 Å². The van der Waals surface area contributed by atoms with Crippen LogP contribution < -0.4 is 16.0 Å². The SMILES string of the molecule is Cc1c(O)cccc1C(=O)N[C@@H](CSc1ccccc1)[C@@H](CN1C[C@H]2CCCC[C@H]2C[C@H]1C(=O)NC(C)(C)C)OC(=O)CCCCNC(=O)O[C@H]1[C@@H](C2COC(C)(C)O2)OC2OC(C)(C)O[C@H]21. The maximum absolute atomic E-state index is 14.1. The van der Waals surface area contributed by atoms with E-state index in [9.17, 15) is 24.3 Å². The standard InChI is InChI=1S/C50H72N4O12S/c1-30-34(21-16-22-37(30)55)44(57)52-35(29-67-33-19-10-9-11-20-33)38(27-54-26-32-18-13-12-17-31(32)25-36(54)45(58)53-48(2,3)4)61-40(56)23-14-15-24-51-47(59)63-42-41(39-28-60-49(5,6)64-39)62-46-43(42)65-50(7,8)66-46/h9-11,16,19-22,31-32,35-36,38-39,41-43,46,55H,12-15,17-18,23-29H2,1-8H3,(H,51,59)(H,52,57)(H,53,58)/t31-,32+,35-,36-,38+,39?,41+,42-,43-,46?/m0/s1. The maximum atomic E-state index is 14.1. The van der Waals surface area contributed by atoms with Crippen molar-refractivity contribution in [1.29, 1.82) is 0 Å². The number of piperidine rings is 1. The number of carbonyl (C=O) groups excluding carboxylic acids is 4. The molecule has 0 radical (unpaired) electrons. The molecule has 1 aliphatic carbocycles. The molecule has 67 heavy (non-hydrogen) atoms. The zero-order valence-corrected chi connectivity index (χ0v) is 41.2. The number of thioether (sulfide) groups is 1. The summed E-state index contributed by atoms with van der Waals surface area (Å²) in [6.45, 7) is 16.1. The summed E-state index contributed by atoms with van der Waals surface area (Å²) in [5.41, 5.74) is 0.297. The lowest BCUT2D eigenvalue weighted by atomic mass is 9.72. The molecule has 0 bridgehead atoms. The minimum Gasteiger partial charge on any atom is -0.508 e. The second-order valence-electron chi connectivity index (χ2n) is 20.6. The second-order valence-corrected chi connectivity index (χ2v) is 21.7. The predicted molar refractivity (Wildman–Crippen MR) is 250 cm³/mol. The fourth-order valence-corrected chi connectivity index (χ4v) is 11.0. The van der Waals surface area contributed by atoms with Crippen LogP contribution in [0.1, 0.15) is 116 Å². The molecule has 7 rings (SSSR count). The number of carbonyl (C=O) groups is 4. The highest BCUT2D eigenvalue weighted by Gasteiger charge is 2.60. The van der Waals surface area contributed by atoms with Gasteiger partial charge in [-0.15, -0.1) is 11.8 Å². The topological polar surface area (TPSA) is 192 Å². The number of phenolic OH excluding ortho intramolecular Hbond substituents is 1. The Morgan fingerprint density at radius 1 is 0.925 bits per heavy atom. The van der Waals surface area contributed by atoms with Crippen LogP contribution in [0.5, 0.6) is 5.75 Å². The first kappa shape index (κ1) is 50.9. The van der Waals surface area contributed by atoms with E-state index in [1.54, 1.807) is 32.9 Å². The van der Waals surface area contributed by atoms with Crippen molar-refractivity contribution >= 4 is 35.6 Å². The largest absolute Gasteiger partial charge is 0.508 e. The van der Waals surface area contributed by atoms with Crippen LogP contribution in [-0.2, 0) is 42.7 Å². The number of phenols is 1. The van der Waals surface area contributed by atoms with Crippen LogP contribution in [0.2, 0.25) is 0 Å². The minimum atomic E-state index is -0.926. The Morgan fingerprint density at radius 2 is 1.67 bits per heavy atom. The van der Waals surface area contributed by atoms with E-state index in [0.29, 0.717) is 54.5 Å². The number of hydrogen-bond acceptors (Lipinski definition) is 14. The monoisotopic (exact) mass is 952 g/mol. The molecule has 10 atom stereocenters. The quantitative estimate of drug-likeness (QED) is 0.0754. The van der Waals surface area contributed by atoms with Crippen molar-refractivity contribution in [3.8, 4) is 5.75 Å². The third-order valence-corrected chi connectivity index (χ3v) is 14.4. The number of aromatic hydroxyl groups is 1. The predicted octanol–water partition coefficient (Wildman–Crippen LogP) is 6.59. The van der Waals surface area contributed by atoms with Gasteiger partial charge in [-0.1, -0.05) is 43.5 Å². The minimum absolute atomic E-state index is 0.00130. The summed E-state index contributed by atoms with van der Waals surface area (Å²) in [7, 11) is 0. The molecule has 4 N–H and O–H groups in total. The van der Waals surface area contributed by atoms with Gasteiger partial charge in [0.25, 0.3) is 5.91 Å². The number of rotatable bonds is 17. The first-order valence-corrected chi connectivity index (χ1v) is 25.0.